The summed E-state index contributed by atoms with van der Waals surface area (Å²) in [6.07, 6.45) is 1.70. The van der Waals surface area contributed by atoms with Crippen LogP contribution in [-0.4, -0.2) is 24.0 Å². The first-order valence-corrected chi connectivity index (χ1v) is 9.36. The van der Waals surface area contributed by atoms with E-state index in [2.05, 4.69) is 20.6 Å². The minimum Gasteiger partial charge on any atom is -0.495 e. The predicted octanol–water partition coefficient (Wildman–Crippen LogP) is 4.45. The summed E-state index contributed by atoms with van der Waals surface area (Å²) in [4.78, 5) is 21.4. The van der Waals surface area contributed by atoms with Crippen LogP contribution in [-0.2, 0) is 6.54 Å². The van der Waals surface area contributed by atoms with E-state index in [1.54, 1.807) is 43.6 Å². The van der Waals surface area contributed by atoms with Gasteiger partial charge in [-0.05, 0) is 49.4 Å². The topological polar surface area (TPSA) is 75.6 Å². The highest BCUT2D eigenvalue weighted by Gasteiger charge is 2.12. The number of hydrogen-bond donors (Lipinski definition) is 2. The van der Waals surface area contributed by atoms with Crippen LogP contribution in [0, 0.1) is 6.92 Å². The number of aryl methyl sites for hydroxylation is 1. The van der Waals surface area contributed by atoms with Gasteiger partial charge in [-0.2, -0.15) is 0 Å². The smallest absolute Gasteiger partial charge is 0.257 e. The fourth-order valence-electron chi connectivity index (χ4n) is 2.55. The molecule has 1 heterocycles. The van der Waals surface area contributed by atoms with E-state index in [1.807, 2.05) is 37.3 Å². The summed E-state index contributed by atoms with van der Waals surface area (Å²) < 4.78 is 5.37. The predicted molar refractivity (Wildman–Crippen MR) is 116 cm³/mol. The number of pyridine rings is 1. The number of nitrogens with one attached hydrogen (secondary N) is 2. The number of aromatic nitrogens is 1. The largest absolute Gasteiger partial charge is 0.495 e. The first-order chi connectivity index (χ1) is 14.0. The van der Waals surface area contributed by atoms with Crippen LogP contribution in [0.15, 0.2) is 71.9 Å². The van der Waals surface area contributed by atoms with Gasteiger partial charge in [0.1, 0.15) is 5.75 Å². The number of halogens is 1. The zero-order valence-electron chi connectivity index (χ0n) is 16.1. The van der Waals surface area contributed by atoms with Crippen molar-refractivity contribution >= 4 is 29.2 Å². The molecule has 0 aliphatic carbocycles. The fraction of sp³-hybridized carbons (Fsp3) is 0.136. The maximum absolute atomic E-state index is 12.7. The van der Waals surface area contributed by atoms with Gasteiger partial charge in [0.2, 0.25) is 5.96 Å². The van der Waals surface area contributed by atoms with E-state index in [0.717, 1.165) is 11.3 Å². The van der Waals surface area contributed by atoms with Gasteiger partial charge in [0.05, 0.1) is 25.0 Å². The number of amides is 1. The summed E-state index contributed by atoms with van der Waals surface area (Å²) >= 11 is 6.11. The van der Waals surface area contributed by atoms with Crippen molar-refractivity contribution in [1.29, 1.82) is 0 Å². The van der Waals surface area contributed by atoms with Gasteiger partial charge in [-0.1, -0.05) is 35.4 Å². The van der Waals surface area contributed by atoms with E-state index >= 15 is 0 Å². The molecular weight excluding hydrogens is 388 g/mol. The Morgan fingerprint density at radius 1 is 1.14 bits per heavy atom. The Labute approximate surface area is 174 Å². The number of methoxy groups -OCH3 is 1. The van der Waals surface area contributed by atoms with Crippen LogP contribution in [0.3, 0.4) is 0 Å². The lowest BCUT2D eigenvalue weighted by Crippen LogP contribution is -2.36. The molecule has 7 heteroatoms. The second kappa shape index (κ2) is 9.71. The molecule has 1 aromatic heterocycles. The van der Waals surface area contributed by atoms with E-state index in [1.165, 1.54) is 0 Å². The Morgan fingerprint density at radius 3 is 2.62 bits per heavy atom. The highest BCUT2D eigenvalue weighted by Crippen LogP contribution is 2.27. The molecule has 148 valence electrons. The van der Waals surface area contributed by atoms with Gasteiger partial charge >= 0.3 is 0 Å². The summed E-state index contributed by atoms with van der Waals surface area (Å²) in [6.45, 7) is 2.26. The van der Waals surface area contributed by atoms with E-state index in [-0.39, 0.29) is 11.9 Å². The average molecular weight is 409 g/mol. The van der Waals surface area contributed by atoms with Gasteiger partial charge in [-0.15, -0.1) is 0 Å². The molecule has 2 N–H and O–H groups in total. The van der Waals surface area contributed by atoms with E-state index in [4.69, 9.17) is 16.3 Å². The lowest BCUT2D eigenvalue weighted by atomic mass is 10.1. The second-order valence-corrected chi connectivity index (χ2v) is 6.71. The van der Waals surface area contributed by atoms with Crippen molar-refractivity contribution in [2.45, 2.75) is 13.5 Å². The molecule has 1 amide bonds. The molecule has 0 atom stereocenters. The van der Waals surface area contributed by atoms with Gasteiger partial charge in [-0.25, -0.2) is 4.99 Å². The monoisotopic (exact) mass is 408 g/mol. The van der Waals surface area contributed by atoms with Crippen molar-refractivity contribution in [1.82, 2.24) is 10.3 Å². The molecule has 0 saturated heterocycles. The molecule has 0 bridgehead atoms. The number of aliphatic imine (C=N–C) groups is 1. The van der Waals surface area contributed by atoms with Gasteiger partial charge < -0.3 is 10.1 Å². The fourth-order valence-corrected chi connectivity index (χ4v) is 2.72. The molecule has 0 aliphatic rings. The summed E-state index contributed by atoms with van der Waals surface area (Å²) in [5, 5.41) is 6.45. The number of carbonyl (C=O) groups is 1. The number of guanidine groups is 1. The van der Waals surface area contributed by atoms with Crippen molar-refractivity contribution in [3.8, 4) is 5.75 Å². The number of nitrogens with zero attached hydrogens (tertiary/aromatic N) is 2. The van der Waals surface area contributed by atoms with Crippen LogP contribution < -0.4 is 15.4 Å². The molecule has 3 rings (SSSR count). The van der Waals surface area contributed by atoms with Crippen LogP contribution in [0.25, 0.3) is 0 Å². The number of benzene rings is 2. The second-order valence-electron chi connectivity index (χ2n) is 6.28. The Hall–Kier alpha value is -3.38. The first-order valence-electron chi connectivity index (χ1n) is 8.98. The molecule has 3 aromatic rings. The highest BCUT2D eigenvalue weighted by molar-refractivity contribution is 6.31. The minimum atomic E-state index is -0.279. The van der Waals surface area contributed by atoms with E-state index in [0.29, 0.717) is 28.6 Å². The van der Waals surface area contributed by atoms with Gasteiger partial charge in [0, 0.05) is 16.8 Å². The minimum absolute atomic E-state index is 0.266. The summed E-state index contributed by atoms with van der Waals surface area (Å²) in [5.41, 5.74) is 2.96. The number of ether oxygens (including phenoxy) is 1. The van der Waals surface area contributed by atoms with Crippen molar-refractivity contribution in [2.75, 3.05) is 12.4 Å². The molecule has 29 heavy (non-hydrogen) atoms. The Bertz CT molecular complexity index is 1010. The van der Waals surface area contributed by atoms with Crippen molar-refractivity contribution in [2.24, 2.45) is 4.99 Å². The SMILES string of the molecule is COc1ccc(Cl)cc1NC(=NCc1ccccn1)NC(=O)c1ccc(C)cc1. The molecule has 2 aromatic carbocycles. The first kappa shape index (κ1) is 20.4. The molecule has 0 spiro atoms. The maximum atomic E-state index is 12.7. The Balaban J connectivity index is 1.86. The van der Waals surface area contributed by atoms with Crippen molar-refractivity contribution in [3.63, 3.8) is 0 Å². The van der Waals surface area contributed by atoms with Gasteiger partial charge in [-0.3, -0.25) is 15.1 Å². The van der Waals surface area contributed by atoms with Gasteiger partial charge in [0.25, 0.3) is 5.91 Å². The zero-order valence-corrected chi connectivity index (χ0v) is 16.9. The van der Waals surface area contributed by atoms with Crippen LogP contribution in [0.4, 0.5) is 5.69 Å². The number of anilines is 1. The lowest BCUT2D eigenvalue weighted by Gasteiger charge is -2.15. The van der Waals surface area contributed by atoms with Crippen molar-refractivity contribution < 1.29 is 9.53 Å². The summed E-state index contributed by atoms with van der Waals surface area (Å²) in [6, 6.07) is 18.0. The quantitative estimate of drug-likeness (QED) is 0.483. The number of rotatable bonds is 5. The van der Waals surface area contributed by atoms with Crippen LogP contribution in [0.1, 0.15) is 21.6 Å². The standard InChI is InChI=1S/C22H21ClN4O2/c1-15-6-8-16(9-7-15)21(28)27-22(25-14-18-5-3-4-12-24-18)26-19-13-17(23)10-11-20(19)29-2/h3-13H,14H2,1-2H3,(H2,25,26,27,28). The molecule has 0 saturated carbocycles. The van der Waals surface area contributed by atoms with E-state index in [9.17, 15) is 4.79 Å². The molecule has 0 fully saturated rings. The zero-order chi connectivity index (χ0) is 20.6. The van der Waals surface area contributed by atoms with Crippen LogP contribution in [0.5, 0.6) is 5.75 Å². The van der Waals surface area contributed by atoms with Crippen molar-refractivity contribution in [3.05, 3.63) is 88.7 Å². The van der Waals surface area contributed by atoms with Crippen LogP contribution >= 0.6 is 11.6 Å². The highest BCUT2D eigenvalue weighted by atomic mass is 35.5. The summed E-state index contributed by atoms with van der Waals surface area (Å²) in [7, 11) is 1.56. The average Bonchev–Trinajstić information content (AvgIpc) is 2.73. The molecule has 0 unspecified atom stereocenters. The third kappa shape index (κ3) is 5.80. The normalized spacial score (nSPS) is 11.1. The Kier molecular flexibility index (Phi) is 6.81. The third-order valence-electron chi connectivity index (χ3n) is 4.09. The molecule has 6 nitrogen and oxygen atoms in total. The number of carbonyl (C=O) groups excluding carboxylic acids is 1. The molecule has 0 aliphatic heterocycles. The lowest BCUT2D eigenvalue weighted by molar-refractivity contribution is 0.0977. The molecular formula is C22H21ClN4O2. The molecule has 0 radical (unpaired) electrons. The van der Waals surface area contributed by atoms with Crippen LogP contribution in [0.2, 0.25) is 5.02 Å². The maximum Gasteiger partial charge on any atom is 0.257 e. The third-order valence-corrected chi connectivity index (χ3v) is 4.32. The van der Waals surface area contributed by atoms with E-state index < -0.39 is 0 Å². The number of hydrogen-bond acceptors (Lipinski definition) is 4. The summed E-state index contributed by atoms with van der Waals surface area (Å²) in [5.74, 6) is 0.560. The van der Waals surface area contributed by atoms with Gasteiger partial charge in [0.15, 0.2) is 0 Å². The Morgan fingerprint density at radius 2 is 1.93 bits per heavy atom.